The van der Waals surface area contributed by atoms with Crippen LogP contribution in [-0.4, -0.2) is 14.5 Å². The van der Waals surface area contributed by atoms with Gasteiger partial charge in [0.05, 0.1) is 11.3 Å². The zero-order valence-corrected chi connectivity index (χ0v) is 14.3. The average Bonchev–Trinajstić information content (AvgIpc) is 2.99. The largest absolute Gasteiger partial charge is 0.416 e. The quantitative estimate of drug-likeness (QED) is 0.527. The van der Waals surface area contributed by atoms with Crippen molar-refractivity contribution in [2.45, 2.75) is 6.18 Å². The third-order valence-electron chi connectivity index (χ3n) is 4.27. The lowest BCUT2D eigenvalue weighted by Crippen LogP contribution is -2.05. The third kappa shape index (κ3) is 3.36. The second kappa shape index (κ2) is 6.42. The van der Waals surface area contributed by atoms with Gasteiger partial charge in [-0.05, 0) is 30.3 Å². The molecule has 0 bridgehead atoms. The molecule has 27 heavy (non-hydrogen) atoms. The average molecular weight is 368 g/mol. The highest BCUT2D eigenvalue weighted by molar-refractivity contribution is 5.95. The highest BCUT2D eigenvalue weighted by Gasteiger charge is 2.30. The molecule has 0 aliphatic rings. The van der Waals surface area contributed by atoms with E-state index in [1.54, 1.807) is 18.3 Å². The fraction of sp³-hybridized carbons (Fsp3) is 0.100. The van der Waals surface area contributed by atoms with Crippen molar-refractivity contribution in [3.63, 3.8) is 0 Å². The number of rotatable bonds is 3. The van der Waals surface area contributed by atoms with Crippen molar-refractivity contribution in [3.05, 3.63) is 72.6 Å². The van der Waals surface area contributed by atoms with Crippen molar-refractivity contribution in [2.24, 2.45) is 7.05 Å². The lowest BCUT2D eigenvalue weighted by molar-refractivity contribution is -0.137. The van der Waals surface area contributed by atoms with E-state index in [4.69, 9.17) is 0 Å². The SMILES string of the molecule is Cn1cc(-c2ccnc(Nc3cccc(C(F)(F)F)c3)n2)c2ccccc21. The summed E-state index contributed by atoms with van der Waals surface area (Å²) in [5.74, 6) is 0.236. The van der Waals surface area contributed by atoms with E-state index < -0.39 is 11.7 Å². The van der Waals surface area contributed by atoms with Crippen LogP contribution in [0.1, 0.15) is 5.56 Å². The van der Waals surface area contributed by atoms with Gasteiger partial charge in [-0.15, -0.1) is 0 Å². The maximum absolute atomic E-state index is 12.9. The summed E-state index contributed by atoms with van der Waals surface area (Å²) in [6.45, 7) is 0. The van der Waals surface area contributed by atoms with Crippen LogP contribution in [-0.2, 0) is 13.2 Å². The van der Waals surface area contributed by atoms with E-state index in [9.17, 15) is 13.2 Å². The smallest absolute Gasteiger partial charge is 0.350 e. The van der Waals surface area contributed by atoms with Gasteiger partial charge in [0.15, 0.2) is 0 Å². The number of anilines is 2. The van der Waals surface area contributed by atoms with E-state index in [2.05, 4.69) is 15.3 Å². The molecule has 2 aromatic carbocycles. The number of aryl methyl sites for hydroxylation is 1. The first kappa shape index (κ1) is 17.1. The number of benzene rings is 2. The van der Waals surface area contributed by atoms with Crippen LogP contribution in [0.15, 0.2) is 67.0 Å². The van der Waals surface area contributed by atoms with Crippen molar-refractivity contribution in [1.29, 1.82) is 0 Å². The molecule has 4 nitrogen and oxygen atoms in total. The first-order valence-electron chi connectivity index (χ1n) is 8.23. The predicted octanol–water partition coefficient (Wildman–Crippen LogP) is 5.40. The molecule has 0 aliphatic carbocycles. The van der Waals surface area contributed by atoms with Crippen LogP contribution < -0.4 is 5.32 Å². The molecule has 1 N–H and O–H groups in total. The molecule has 0 fully saturated rings. The number of nitrogens with zero attached hydrogens (tertiary/aromatic N) is 3. The Morgan fingerprint density at radius 1 is 1.00 bits per heavy atom. The molecule has 0 spiro atoms. The van der Waals surface area contributed by atoms with Gasteiger partial charge in [-0.3, -0.25) is 0 Å². The van der Waals surface area contributed by atoms with Crippen LogP contribution in [0.3, 0.4) is 0 Å². The molecule has 0 aliphatic heterocycles. The van der Waals surface area contributed by atoms with Gasteiger partial charge in [-0.2, -0.15) is 13.2 Å². The van der Waals surface area contributed by atoms with Gasteiger partial charge in [0.2, 0.25) is 5.95 Å². The molecule has 0 radical (unpaired) electrons. The molecule has 0 amide bonds. The maximum Gasteiger partial charge on any atom is 0.416 e. The van der Waals surface area contributed by atoms with Crippen LogP contribution in [0, 0.1) is 0 Å². The normalized spacial score (nSPS) is 11.7. The Bertz CT molecular complexity index is 1120. The summed E-state index contributed by atoms with van der Waals surface area (Å²) in [5, 5.41) is 3.90. The Hall–Kier alpha value is -3.35. The maximum atomic E-state index is 12.9. The van der Waals surface area contributed by atoms with Crippen LogP contribution in [0.2, 0.25) is 0 Å². The summed E-state index contributed by atoms with van der Waals surface area (Å²) in [6, 6.07) is 14.7. The number of alkyl halides is 3. The molecule has 2 aromatic heterocycles. The predicted molar refractivity (Wildman–Crippen MR) is 98.7 cm³/mol. The second-order valence-corrected chi connectivity index (χ2v) is 6.14. The van der Waals surface area contributed by atoms with Crippen molar-refractivity contribution >= 4 is 22.5 Å². The van der Waals surface area contributed by atoms with E-state index in [1.807, 2.05) is 42.1 Å². The summed E-state index contributed by atoms with van der Waals surface area (Å²) < 4.78 is 40.7. The molecule has 0 saturated carbocycles. The summed E-state index contributed by atoms with van der Waals surface area (Å²) in [5.41, 5.74) is 2.25. The Labute approximate surface area is 153 Å². The highest BCUT2D eigenvalue weighted by Crippen LogP contribution is 2.32. The summed E-state index contributed by atoms with van der Waals surface area (Å²) in [4.78, 5) is 8.61. The van der Waals surface area contributed by atoms with Crippen LogP contribution in [0.25, 0.3) is 22.2 Å². The van der Waals surface area contributed by atoms with Crippen molar-refractivity contribution in [3.8, 4) is 11.3 Å². The Kier molecular flexibility index (Phi) is 4.07. The Balaban J connectivity index is 1.69. The van der Waals surface area contributed by atoms with Crippen LogP contribution >= 0.6 is 0 Å². The number of halogens is 3. The van der Waals surface area contributed by atoms with Crippen LogP contribution in [0.5, 0.6) is 0 Å². The number of para-hydroxylation sites is 1. The fourth-order valence-corrected chi connectivity index (χ4v) is 3.02. The Morgan fingerprint density at radius 2 is 1.81 bits per heavy atom. The van der Waals surface area contributed by atoms with Crippen molar-refractivity contribution in [2.75, 3.05) is 5.32 Å². The minimum absolute atomic E-state index is 0.236. The lowest BCUT2D eigenvalue weighted by atomic mass is 10.1. The summed E-state index contributed by atoms with van der Waals surface area (Å²) in [6.07, 6.45) is -0.843. The van der Waals surface area contributed by atoms with E-state index >= 15 is 0 Å². The number of aromatic nitrogens is 3. The van der Waals surface area contributed by atoms with E-state index in [0.717, 1.165) is 28.6 Å². The minimum Gasteiger partial charge on any atom is -0.350 e. The molecule has 0 saturated heterocycles. The monoisotopic (exact) mass is 368 g/mol. The van der Waals surface area contributed by atoms with E-state index in [-0.39, 0.29) is 11.6 Å². The number of fused-ring (bicyclic) bond motifs is 1. The number of hydrogen-bond donors (Lipinski definition) is 1. The fourth-order valence-electron chi connectivity index (χ4n) is 3.02. The van der Waals surface area contributed by atoms with Gasteiger partial charge in [0, 0.05) is 41.6 Å². The molecule has 4 rings (SSSR count). The van der Waals surface area contributed by atoms with Gasteiger partial charge in [0.1, 0.15) is 0 Å². The summed E-state index contributed by atoms with van der Waals surface area (Å²) in [7, 11) is 1.95. The molecule has 7 heteroatoms. The van der Waals surface area contributed by atoms with Gasteiger partial charge in [-0.25, -0.2) is 9.97 Å². The van der Waals surface area contributed by atoms with Crippen molar-refractivity contribution in [1.82, 2.24) is 14.5 Å². The van der Waals surface area contributed by atoms with E-state index in [0.29, 0.717) is 5.69 Å². The zero-order valence-electron chi connectivity index (χ0n) is 14.3. The number of hydrogen-bond acceptors (Lipinski definition) is 3. The molecule has 136 valence electrons. The standard InChI is InChI=1S/C20H15F3N4/c1-27-12-16(15-7-2-3-8-18(15)27)17-9-10-24-19(26-17)25-14-6-4-5-13(11-14)20(21,22)23/h2-12H,1H3,(H,24,25,26). The zero-order chi connectivity index (χ0) is 19.0. The van der Waals surface area contributed by atoms with Gasteiger partial charge in [0.25, 0.3) is 0 Å². The van der Waals surface area contributed by atoms with E-state index in [1.165, 1.54) is 6.07 Å². The molecule has 0 unspecified atom stereocenters. The molecule has 2 heterocycles. The van der Waals surface area contributed by atoms with Crippen molar-refractivity contribution < 1.29 is 13.2 Å². The third-order valence-corrected chi connectivity index (χ3v) is 4.27. The highest BCUT2D eigenvalue weighted by atomic mass is 19.4. The molecular formula is C20H15F3N4. The molecular weight excluding hydrogens is 353 g/mol. The van der Waals surface area contributed by atoms with Gasteiger partial charge in [-0.1, -0.05) is 24.3 Å². The first-order valence-corrected chi connectivity index (χ1v) is 8.23. The minimum atomic E-state index is -4.40. The Morgan fingerprint density at radius 3 is 2.63 bits per heavy atom. The van der Waals surface area contributed by atoms with Crippen LogP contribution in [0.4, 0.5) is 24.8 Å². The molecule has 4 aromatic rings. The topological polar surface area (TPSA) is 42.7 Å². The second-order valence-electron chi connectivity index (χ2n) is 6.14. The molecule has 0 atom stereocenters. The number of nitrogens with one attached hydrogen (secondary N) is 1. The first-order chi connectivity index (χ1) is 12.9. The lowest BCUT2D eigenvalue weighted by Gasteiger charge is -2.10. The van der Waals surface area contributed by atoms with Gasteiger partial charge < -0.3 is 9.88 Å². The van der Waals surface area contributed by atoms with Gasteiger partial charge >= 0.3 is 6.18 Å². The summed E-state index contributed by atoms with van der Waals surface area (Å²) >= 11 is 0.